The minimum Gasteiger partial charge on any atom is -0.490 e. The summed E-state index contributed by atoms with van der Waals surface area (Å²) in [6, 6.07) is 8.78. The molecule has 2 atom stereocenters. The first-order chi connectivity index (χ1) is 10.3. The number of methoxy groups -OCH3 is 1. The van der Waals surface area contributed by atoms with Crippen LogP contribution in [0.15, 0.2) is 24.3 Å². The fourth-order valence-electron chi connectivity index (χ4n) is 2.60. The van der Waals surface area contributed by atoms with Crippen molar-refractivity contribution in [2.45, 2.75) is 64.2 Å². The van der Waals surface area contributed by atoms with Gasteiger partial charge in [-0.1, -0.05) is 32.4 Å². The van der Waals surface area contributed by atoms with Gasteiger partial charge in [0.05, 0.1) is 18.2 Å². The van der Waals surface area contributed by atoms with Crippen LogP contribution in [0.25, 0.3) is 0 Å². The zero-order valence-corrected chi connectivity index (χ0v) is 13.6. The smallest absolute Gasteiger partial charge is 0.119 e. The number of ether oxygens (including phenoxy) is 2. The maximum atomic E-state index is 5.82. The normalized spacial score (nSPS) is 17.5. The highest BCUT2D eigenvalue weighted by atomic mass is 16.5. The third-order valence-electron chi connectivity index (χ3n) is 3.93. The van der Waals surface area contributed by atoms with Gasteiger partial charge in [0.1, 0.15) is 5.75 Å². The van der Waals surface area contributed by atoms with Crippen molar-refractivity contribution < 1.29 is 9.47 Å². The summed E-state index contributed by atoms with van der Waals surface area (Å²) in [7, 11) is 1.81. The summed E-state index contributed by atoms with van der Waals surface area (Å²) >= 11 is 0. The first-order valence-electron chi connectivity index (χ1n) is 8.31. The molecule has 0 amide bonds. The largest absolute Gasteiger partial charge is 0.490 e. The van der Waals surface area contributed by atoms with E-state index in [2.05, 4.69) is 43.4 Å². The molecule has 118 valence electrons. The molecular weight excluding hydrogens is 262 g/mol. The average molecular weight is 291 g/mol. The molecule has 1 N–H and O–H groups in total. The molecule has 0 aliphatic heterocycles. The molecule has 0 bridgehead atoms. The first kappa shape index (κ1) is 16.3. The van der Waals surface area contributed by atoms with Crippen LogP contribution < -0.4 is 10.1 Å². The quantitative estimate of drug-likeness (QED) is 0.704. The van der Waals surface area contributed by atoms with E-state index < -0.39 is 0 Å². The molecule has 0 aromatic heterocycles. The summed E-state index contributed by atoms with van der Waals surface area (Å²) in [6.07, 6.45) is 6.40. The van der Waals surface area contributed by atoms with Crippen molar-refractivity contribution >= 4 is 0 Å². The highest BCUT2D eigenvalue weighted by molar-refractivity contribution is 5.30. The van der Waals surface area contributed by atoms with E-state index in [9.17, 15) is 0 Å². The molecule has 2 rings (SSSR count). The third kappa shape index (κ3) is 5.01. The lowest BCUT2D eigenvalue weighted by atomic mass is 9.97. The number of rotatable bonds is 10. The molecule has 0 saturated heterocycles. The minimum absolute atomic E-state index is 0.219. The van der Waals surface area contributed by atoms with Gasteiger partial charge in [0.15, 0.2) is 0 Å². The number of hydrogen-bond acceptors (Lipinski definition) is 3. The van der Waals surface area contributed by atoms with Crippen LogP contribution in [0.2, 0.25) is 0 Å². The fraction of sp³-hybridized carbons (Fsp3) is 0.667. The van der Waals surface area contributed by atoms with Gasteiger partial charge in [0, 0.05) is 7.11 Å². The van der Waals surface area contributed by atoms with Crippen LogP contribution in [-0.4, -0.2) is 25.9 Å². The van der Waals surface area contributed by atoms with E-state index in [-0.39, 0.29) is 12.1 Å². The second kappa shape index (κ2) is 8.40. The first-order valence-corrected chi connectivity index (χ1v) is 8.31. The van der Waals surface area contributed by atoms with Crippen molar-refractivity contribution in [1.82, 2.24) is 5.32 Å². The Labute approximate surface area is 129 Å². The van der Waals surface area contributed by atoms with Crippen LogP contribution in [0, 0.1) is 0 Å². The standard InChI is InChI=1S/C18H29NO2/c1-4-6-17(20-3)18(19-13-5-2)14-7-9-15(10-8-14)21-16-11-12-16/h7-10,16-19H,4-6,11-13H2,1-3H3. The SMILES string of the molecule is CCCNC(c1ccc(OC2CC2)cc1)C(CCC)OC. The Hall–Kier alpha value is -1.06. The number of hydrogen-bond donors (Lipinski definition) is 1. The van der Waals surface area contributed by atoms with Crippen LogP contribution in [-0.2, 0) is 4.74 Å². The summed E-state index contributed by atoms with van der Waals surface area (Å²) < 4.78 is 11.5. The van der Waals surface area contributed by atoms with E-state index in [1.165, 1.54) is 18.4 Å². The van der Waals surface area contributed by atoms with Crippen molar-refractivity contribution in [2.24, 2.45) is 0 Å². The Morgan fingerprint density at radius 3 is 2.38 bits per heavy atom. The van der Waals surface area contributed by atoms with Crippen molar-refractivity contribution in [3.8, 4) is 5.75 Å². The van der Waals surface area contributed by atoms with Crippen molar-refractivity contribution in [2.75, 3.05) is 13.7 Å². The molecule has 1 aromatic rings. The second-order valence-electron chi connectivity index (χ2n) is 5.88. The molecule has 3 heteroatoms. The number of nitrogens with one attached hydrogen (secondary N) is 1. The van der Waals surface area contributed by atoms with Gasteiger partial charge in [-0.05, 0) is 49.9 Å². The molecule has 1 aliphatic rings. The monoisotopic (exact) mass is 291 g/mol. The Kier molecular flexibility index (Phi) is 6.52. The zero-order chi connectivity index (χ0) is 15.1. The third-order valence-corrected chi connectivity index (χ3v) is 3.93. The Morgan fingerprint density at radius 1 is 1.14 bits per heavy atom. The lowest BCUT2D eigenvalue weighted by Crippen LogP contribution is -2.33. The molecule has 2 unspecified atom stereocenters. The molecule has 3 nitrogen and oxygen atoms in total. The molecule has 0 radical (unpaired) electrons. The predicted octanol–water partition coefficient (Wildman–Crippen LogP) is 4.08. The van der Waals surface area contributed by atoms with E-state index in [0.29, 0.717) is 6.10 Å². The molecule has 21 heavy (non-hydrogen) atoms. The van der Waals surface area contributed by atoms with E-state index >= 15 is 0 Å². The van der Waals surface area contributed by atoms with Crippen LogP contribution in [0.1, 0.15) is 57.6 Å². The molecule has 0 spiro atoms. The molecular formula is C18H29NO2. The molecule has 1 fully saturated rings. The fourth-order valence-corrected chi connectivity index (χ4v) is 2.60. The maximum absolute atomic E-state index is 5.82. The average Bonchev–Trinajstić information content (AvgIpc) is 3.32. The van der Waals surface area contributed by atoms with E-state index in [0.717, 1.165) is 31.6 Å². The van der Waals surface area contributed by atoms with Gasteiger partial charge in [-0.15, -0.1) is 0 Å². The van der Waals surface area contributed by atoms with Gasteiger partial charge < -0.3 is 14.8 Å². The lowest BCUT2D eigenvalue weighted by Gasteiger charge is -2.27. The molecule has 1 aromatic carbocycles. The van der Waals surface area contributed by atoms with E-state index in [1.807, 2.05) is 7.11 Å². The van der Waals surface area contributed by atoms with Gasteiger partial charge in [0.25, 0.3) is 0 Å². The second-order valence-corrected chi connectivity index (χ2v) is 5.88. The van der Waals surface area contributed by atoms with Gasteiger partial charge in [-0.3, -0.25) is 0 Å². The zero-order valence-electron chi connectivity index (χ0n) is 13.6. The summed E-state index contributed by atoms with van der Waals surface area (Å²) in [5, 5.41) is 3.63. The molecule has 1 aliphatic carbocycles. The van der Waals surface area contributed by atoms with Gasteiger partial charge >= 0.3 is 0 Å². The maximum Gasteiger partial charge on any atom is 0.119 e. The highest BCUT2D eigenvalue weighted by Gasteiger charge is 2.24. The Morgan fingerprint density at radius 2 is 1.86 bits per heavy atom. The summed E-state index contributed by atoms with van der Waals surface area (Å²) in [5.41, 5.74) is 1.28. The number of benzene rings is 1. The van der Waals surface area contributed by atoms with Crippen molar-refractivity contribution in [3.05, 3.63) is 29.8 Å². The van der Waals surface area contributed by atoms with Gasteiger partial charge in [-0.25, -0.2) is 0 Å². The van der Waals surface area contributed by atoms with Gasteiger partial charge in [-0.2, -0.15) is 0 Å². The highest BCUT2D eigenvalue weighted by Crippen LogP contribution is 2.29. The van der Waals surface area contributed by atoms with E-state index in [4.69, 9.17) is 9.47 Å². The van der Waals surface area contributed by atoms with Gasteiger partial charge in [0.2, 0.25) is 0 Å². The predicted molar refractivity (Wildman–Crippen MR) is 86.8 cm³/mol. The lowest BCUT2D eigenvalue weighted by molar-refractivity contribution is 0.0606. The van der Waals surface area contributed by atoms with Crippen molar-refractivity contribution in [3.63, 3.8) is 0 Å². The van der Waals surface area contributed by atoms with Crippen LogP contribution in [0.3, 0.4) is 0 Å². The summed E-state index contributed by atoms with van der Waals surface area (Å²) in [5.74, 6) is 0.986. The summed E-state index contributed by atoms with van der Waals surface area (Å²) in [4.78, 5) is 0. The van der Waals surface area contributed by atoms with Crippen LogP contribution in [0.5, 0.6) is 5.75 Å². The van der Waals surface area contributed by atoms with Crippen LogP contribution in [0.4, 0.5) is 0 Å². The Balaban J connectivity index is 2.06. The summed E-state index contributed by atoms with van der Waals surface area (Å²) in [6.45, 7) is 5.41. The van der Waals surface area contributed by atoms with E-state index in [1.54, 1.807) is 0 Å². The topological polar surface area (TPSA) is 30.5 Å². The minimum atomic E-state index is 0.219. The van der Waals surface area contributed by atoms with Crippen LogP contribution >= 0.6 is 0 Å². The molecule has 1 saturated carbocycles. The Bertz CT molecular complexity index is 400. The molecule has 0 heterocycles. The van der Waals surface area contributed by atoms with Crippen molar-refractivity contribution in [1.29, 1.82) is 0 Å².